The standard InChI is InChI=1S/C6H9NO3/c1-3-5-6(8)9-4(2)7-10-5/h5H,3H2,1-2H3. The summed E-state index contributed by atoms with van der Waals surface area (Å²) < 4.78 is 4.68. The Balaban J connectivity index is 2.61. The Bertz CT molecular complexity index is 176. The number of hydrogen-bond donors (Lipinski definition) is 0. The van der Waals surface area contributed by atoms with E-state index in [1.54, 1.807) is 6.92 Å². The fourth-order valence-electron chi connectivity index (χ4n) is 0.652. The highest BCUT2D eigenvalue weighted by Crippen LogP contribution is 2.07. The van der Waals surface area contributed by atoms with Crippen LogP contribution in [0.25, 0.3) is 0 Å². The van der Waals surface area contributed by atoms with Crippen molar-refractivity contribution in [2.75, 3.05) is 0 Å². The molecule has 0 saturated heterocycles. The number of oxime groups is 1. The molecule has 1 atom stereocenters. The summed E-state index contributed by atoms with van der Waals surface area (Å²) in [6.07, 6.45) is 0.0824. The Labute approximate surface area is 58.8 Å². The van der Waals surface area contributed by atoms with Crippen LogP contribution in [0.5, 0.6) is 0 Å². The van der Waals surface area contributed by atoms with E-state index in [1.807, 2.05) is 6.92 Å². The number of nitrogens with zero attached hydrogens (tertiary/aromatic N) is 1. The van der Waals surface area contributed by atoms with Crippen molar-refractivity contribution >= 4 is 11.9 Å². The first-order chi connectivity index (χ1) is 4.74. The van der Waals surface area contributed by atoms with Crippen LogP contribution in [0, 0.1) is 0 Å². The van der Waals surface area contributed by atoms with Crippen molar-refractivity contribution in [2.45, 2.75) is 26.4 Å². The molecule has 0 spiro atoms. The molecule has 0 radical (unpaired) electrons. The van der Waals surface area contributed by atoms with E-state index in [2.05, 4.69) is 9.89 Å². The zero-order valence-electron chi connectivity index (χ0n) is 5.96. The van der Waals surface area contributed by atoms with Crippen LogP contribution in [0.2, 0.25) is 0 Å². The van der Waals surface area contributed by atoms with E-state index < -0.39 is 6.10 Å². The van der Waals surface area contributed by atoms with E-state index in [9.17, 15) is 4.79 Å². The van der Waals surface area contributed by atoms with E-state index in [4.69, 9.17) is 4.84 Å². The maximum absolute atomic E-state index is 10.8. The third-order valence-electron chi connectivity index (χ3n) is 1.19. The molecule has 0 amide bonds. The minimum Gasteiger partial charge on any atom is -0.406 e. The van der Waals surface area contributed by atoms with Gasteiger partial charge < -0.3 is 9.57 Å². The molecule has 1 heterocycles. The van der Waals surface area contributed by atoms with Crippen molar-refractivity contribution < 1.29 is 14.4 Å². The molecule has 4 nitrogen and oxygen atoms in total. The molecule has 0 aliphatic carbocycles. The first kappa shape index (κ1) is 7.05. The Morgan fingerprint density at radius 1 is 1.70 bits per heavy atom. The summed E-state index contributed by atoms with van der Waals surface area (Å²) in [6, 6.07) is 0. The van der Waals surface area contributed by atoms with Gasteiger partial charge in [-0.15, -0.1) is 0 Å². The smallest absolute Gasteiger partial charge is 0.356 e. The van der Waals surface area contributed by atoms with Gasteiger partial charge in [-0.2, -0.15) is 0 Å². The number of ether oxygens (including phenoxy) is 1. The van der Waals surface area contributed by atoms with Gasteiger partial charge in [0.05, 0.1) is 0 Å². The van der Waals surface area contributed by atoms with Crippen LogP contribution >= 0.6 is 0 Å². The summed E-state index contributed by atoms with van der Waals surface area (Å²) in [6.45, 7) is 3.41. The summed E-state index contributed by atoms with van der Waals surface area (Å²) >= 11 is 0. The molecule has 56 valence electrons. The van der Waals surface area contributed by atoms with Gasteiger partial charge in [0.25, 0.3) is 0 Å². The number of hydrogen-bond acceptors (Lipinski definition) is 4. The molecule has 0 bridgehead atoms. The number of rotatable bonds is 1. The topological polar surface area (TPSA) is 47.9 Å². The second kappa shape index (κ2) is 2.68. The lowest BCUT2D eigenvalue weighted by Crippen LogP contribution is -2.30. The second-order valence-electron chi connectivity index (χ2n) is 2.03. The van der Waals surface area contributed by atoms with Gasteiger partial charge in [-0.05, 0) is 6.42 Å². The molecule has 1 aliphatic heterocycles. The van der Waals surface area contributed by atoms with Crippen LogP contribution in [0.4, 0.5) is 0 Å². The van der Waals surface area contributed by atoms with Gasteiger partial charge in [0.15, 0.2) is 0 Å². The van der Waals surface area contributed by atoms with Crippen LogP contribution in [0.3, 0.4) is 0 Å². The van der Waals surface area contributed by atoms with Crippen molar-refractivity contribution in [3.63, 3.8) is 0 Å². The average Bonchev–Trinajstić information content (AvgIpc) is 1.88. The monoisotopic (exact) mass is 143 g/mol. The highest BCUT2D eigenvalue weighted by atomic mass is 16.7. The summed E-state index contributed by atoms with van der Waals surface area (Å²) in [7, 11) is 0. The summed E-state index contributed by atoms with van der Waals surface area (Å²) in [4.78, 5) is 15.6. The minimum absolute atomic E-state index is 0.273. The minimum atomic E-state index is -0.510. The van der Waals surface area contributed by atoms with Gasteiger partial charge in [0.1, 0.15) is 0 Å². The van der Waals surface area contributed by atoms with Gasteiger partial charge >= 0.3 is 5.97 Å². The lowest BCUT2D eigenvalue weighted by Gasteiger charge is -2.16. The number of carbonyl (C=O) groups excluding carboxylic acids is 1. The fraction of sp³-hybridized carbons (Fsp3) is 0.667. The SMILES string of the molecule is CCC1ON=C(C)OC1=O. The van der Waals surface area contributed by atoms with Gasteiger partial charge in [-0.25, -0.2) is 4.79 Å². The zero-order valence-corrected chi connectivity index (χ0v) is 5.96. The first-order valence-corrected chi connectivity index (χ1v) is 3.16. The van der Waals surface area contributed by atoms with E-state index in [0.717, 1.165) is 0 Å². The third-order valence-corrected chi connectivity index (χ3v) is 1.19. The number of esters is 1. The van der Waals surface area contributed by atoms with E-state index in [-0.39, 0.29) is 11.9 Å². The van der Waals surface area contributed by atoms with E-state index >= 15 is 0 Å². The second-order valence-corrected chi connectivity index (χ2v) is 2.03. The molecule has 0 N–H and O–H groups in total. The molecule has 0 saturated carbocycles. The quantitative estimate of drug-likeness (QED) is 0.507. The van der Waals surface area contributed by atoms with Crippen molar-refractivity contribution in [1.82, 2.24) is 0 Å². The first-order valence-electron chi connectivity index (χ1n) is 3.16. The van der Waals surface area contributed by atoms with Crippen molar-refractivity contribution in [2.24, 2.45) is 5.16 Å². The zero-order chi connectivity index (χ0) is 7.56. The van der Waals surface area contributed by atoms with Crippen molar-refractivity contribution in [1.29, 1.82) is 0 Å². The lowest BCUT2D eigenvalue weighted by molar-refractivity contribution is -0.153. The molecule has 1 aliphatic rings. The molecule has 1 rings (SSSR count). The summed E-state index contributed by atoms with van der Waals surface area (Å²) in [5.41, 5.74) is 0. The lowest BCUT2D eigenvalue weighted by atomic mass is 10.3. The fourth-order valence-corrected chi connectivity index (χ4v) is 0.652. The molecule has 0 fully saturated rings. The molecular formula is C6H9NO3. The molecule has 4 heteroatoms. The van der Waals surface area contributed by atoms with Crippen LogP contribution in [0.15, 0.2) is 5.16 Å². The maximum atomic E-state index is 10.8. The van der Waals surface area contributed by atoms with Crippen LogP contribution in [0.1, 0.15) is 20.3 Å². The molecule has 0 aromatic heterocycles. The molecule has 1 unspecified atom stereocenters. The molecule has 0 aromatic carbocycles. The van der Waals surface area contributed by atoms with Crippen LogP contribution in [-0.2, 0) is 14.4 Å². The number of carbonyl (C=O) groups is 1. The molecular weight excluding hydrogens is 134 g/mol. The van der Waals surface area contributed by atoms with Gasteiger partial charge in [-0.3, -0.25) is 0 Å². The van der Waals surface area contributed by atoms with Gasteiger partial charge in [-0.1, -0.05) is 12.1 Å². The van der Waals surface area contributed by atoms with E-state index in [1.165, 1.54) is 0 Å². The van der Waals surface area contributed by atoms with Crippen molar-refractivity contribution in [3.8, 4) is 0 Å². The molecule has 10 heavy (non-hydrogen) atoms. The average molecular weight is 143 g/mol. The predicted molar refractivity (Wildman–Crippen MR) is 34.4 cm³/mol. The Hall–Kier alpha value is -1.06. The van der Waals surface area contributed by atoms with Crippen LogP contribution in [-0.4, -0.2) is 18.0 Å². The van der Waals surface area contributed by atoms with Crippen molar-refractivity contribution in [3.05, 3.63) is 0 Å². The largest absolute Gasteiger partial charge is 0.406 e. The molecule has 0 aromatic rings. The Morgan fingerprint density at radius 2 is 2.40 bits per heavy atom. The Morgan fingerprint density at radius 3 is 2.90 bits per heavy atom. The number of cyclic esters (lactones) is 1. The maximum Gasteiger partial charge on any atom is 0.356 e. The third kappa shape index (κ3) is 1.26. The normalized spacial score (nSPS) is 24.8. The van der Waals surface area contributed by atoms with Crippen LogP contribution < -0.4 is 0 Å². The Kier molecular flexibility index (Phi) is 1.89. The summed E-state index contributed by atoms with van der Waals surface area (Å²) in [5.74, 6) is -0.0790. The highest BCUT2D eigenvalue weighted by Gasteiger charge is 2.24. The van der Waals surface area contributed by atoms with Gasteiger partial charge in [0, 0.05) is 6.92 Å². The highest BCUT2D eigenvalue weighted by molar-refractivity contribution is 5.90. The van der Waals surface area contributed by atoms with Gasteiger partial charge in [0.2, 0.25) is 12.0 Å². The summed E-state index contributed by atoms with van der Waals surface area (Å²) in [5, 5.41) is 3.51. The van der Waals surface area contributed by atoms with E-state index in [0.29, 0.717) is 6.42 Å². The predicted octanol–water partition coefficient (Wildman–Crippen LogP) is 0.672.